The van der Waals surface area contributed by atoms with Gasteiger partial charge in [-0.1, -0.05) is 57.8 Å². The van der Waals surface area contributed by atoms with Crippen molar-refractivity contribution >= 4 is 17.0 Å². The lowest BCUT2D eigenvalue weighted by Crippen LogP contribution is -2.33. The van der Waals surface area contributed by atoms with Crippen LogP contribution in [0.2, 0.25) is 0 Å². The summed E-state index contributed by atoms with van der Waals surface area (Å²) in [6.45, 7) is 1.82. The molecule has 1 saturated heterocycles. The number of aliphatic hydroxyl groups is 3. The summed E-state index contributed by atoms with van der Waals surface area (Å²) in [6.07, 6.45) is 7.90. The molecule has 1 aliphatic heterocycles. The normalized spacial score (nSPS) is 23.2. The van der Waals surface area contributed by atoms with E-state index in [9.17, 15) is 15.3 Å². The van der Waals surface area contributed by atoms with Crippen molar-refractivity contribution in [2.45, 2.75) is 89.3 Å². The summed E-state index contributed by atoms with van der Waals surface area (Å²) < 4.78 is 7.06. The van der Waals surface area contributed by atoms with E-state index in [2.05, 4.69) is 33.7 Å². The second-order valence-electron chi connectivity index (χ2n) is 8.01. The maximum Gasteiger partial charge on any atom is 0.208 e. The van der Waals surface area contributed by atoms with Crippen LogP contribution in [0.4, 0.5) is 5.82 Å². The number of hydrogen-bond acceptors (Lipinski definition) is 8. The van der Waals surface area contributed by atoms with Gasteiger partial charge in [0.05, 0.1) is 12.9 Å². The highest BCUT2D eigenvalue weighted by molar-refractivity contribution is 5.82. The van der Waals surface area contributed by atoms with Crippen LogP contribution >= 0.6 is 0 Å². The molecule has 0 radical (unpaired) electrons. The number of imidazole rings is 1. The highest BCUT2D eigenvalue weighted by Crippen LogP contribution is 2.31. The summed E-state index contributed by atoms with van der Waals surface area (Å²) >= 11 is 0. The fraction of sp³-hybridized carbons (Fsp3) is 0.682. The molecule has 9 nitrogen and oxygen atoms in total. The summed E-state index contributed by atoms with van der Waals surface area (Å²) in [5.74, 6) is 6.52. The Balaban J connectivity index is 1.61. The third-order valence-electron chi connectivity index (χ3n) is 5.60. The van der Waals surface area contributed by atoms with Gasteiger partial charge in [0.25, 0.3) is 0 Å². The molecular formula is C22H33N5O4. The molecule has 5 N–H and O–H groups in total. The van der Waals surface area contributed by atoms with Crippen LogP contribution in [0.5, 0.6) is 0 Å². The number of aliphatic hydroxyl groups excluding tert-OH is 3. The molecule has 9 heteroatoms. The van der Waals surface area contributed by atoms with Crippen LogP contribution in [0.3, 0.4) is 0 Å². The van der Waals surface area contributed by atoms with Gasteiger partial charge in [0.2, 0.25) is 5.82 Å². The van der Waals surface area contributed by atoms with Crippen molar-refractivity contribution in [3.8, 4) is 11.8 Å². The van der Waals surface area contributed by atoms with E-state index in [-0.39, 0.29) is 11.6 Å². The molecule has 2 aromatic rings. The molecule has 1 unspecified atom stereocenters. The SMILES string of the molecule is CCCCCCCCCCC#Cc1nc(N)c2ncn(C3O[C@H](CO)[C@@H](O)[C@H]3O)c2n1. The fourth-order valence-corrected chi connectivity index (χ4v) is 3.78. The molecular weight excluding hydrogens is 398 g/mol. The Bertz CT molecular complexity index is 906. The molecule has 0 bridgehead atoms. The number of rotatable bonds is 10. The third-order valence-corrected chi connectivity index (χ3v) is 5.60. The van der Waals surface area contributed by atoms with E-state index in [1.807, 2.05) is 0 Å². The van der Waals surface area contributed by atoms with Gasteiger partial charge >= 0.3 is 0 Å². The second kappa shape index (κ2) is 11.4. The number of ether oxygens (including phenoxy) is 1. The third kappa shape index (κ3) is 5.71. The number of anilines is 1. The molecule has 3 rings (SSSR count). The van der Waals surface area contributed by atoms with E-state index < -0.39 is 31.1 Å². The Hall–Kier alpha value is -2.25. The van der Waals surface area contributed by atoms with E-state index in [0.29, 0.717) is 11.2 Å². The van der Waals surface area contributed by atoms with Gasteiger partial charge in [0, 0.05) is 6.42 Å². The van der Waals surface area contributed by atoms with Gasteiger partial charge in [-0.25, -0.2) is 15.0 Å². The van der Waals surface area contributed by atoms with Crippen molar-refractivity contribution in [3.05, 3.63) is 12.2 Å². The van der Waals surface area contributed by atoms with Gasteiger partial charge in [-0.2, -0.15) is 0 Å². The van der Waals surface area contributed by atoms with Crippen LogP contribution in [0, 0.1) is 11.8 Å². The van der Waals surface area contributed by atoms with Gasteiger partial charge < -0.3 is 25.8 Å². The van der Waals surface area contributed by atoms with Gasteiger partial charge in [0.15, 0.2) is 17.7 Å². The first-order valence-electron chi connectivity index (χ1n) is 11.2. The maximum atomic E-state index is 10.3. The number of aromatic nitrogens is 4. The molecule has 3 heterocycles. The highest BCUT2D eigenvalue weighted by Gasteiger charge is 2.44. The standard InChI is InChI=1S/C22H33N5O4/c1-2-3-4-5-6-7-8-9-10-11-12-16-25-20(23)17-21(26-16)27(14-24-17)22-19(30)18(29)15(13-28)31-22/h14-15,18-19,22,28-30H,2-10,13H2,1H3,(H2,23,25,26)/t15-,18-,19-,22?/m1/s1. The lowest BCUT2D eigenvalue weighted by atomic mass is 10.1. The summed E-state index contributed by atoms with van der Waals surface area (Å²) in [5.41, 5.74) is 6.74. The Morgan fingerprint density at radius 1 is 1.06 bits per heavy atom. The number of fused-ring (bicyclic) bond motifs is 1. The van der Waals surface area contributed by atoms with Gasteiger partial charge in [-0.05, 0) is 12.3 Å². The molecule has 4 atom stereocenters. The quantitative estimate of drug-likeness (QED) is 0.330. The zero-order valence-electron chi connectivity index (χ0n) is 18.1. The van der Waals surface area contributed by atoms with Crippen molar-refractivity contribution < 1.29 is 20.1 Å². The molecule has 1 aliphatic rings. The molecule has 170 valence electrons. The van der Waals surface area contributed by atoms with Crippen molar-refractivity contribution in [3.63, 3.8) is 0 Å². The Morgan fingerprint density at radius 2 is 1.77 bits per heavy atom. The zero-order chi connectivity index (χ0) is 22.2. The monoisotopic (exact) mass is 431 g/mol. The Labute approximate surface area is 182 Å². The first kappa shape index (κ1) is 23.4. The van der Waals surface area contributed by atoms with Crippen molar-refractivity contribution in [2.75, 3.05) is 12.3 Å². The molecule has 31 heavy (non-hydrogen) atoms. The van der Waals surface area contributed by atoms with Crippen LogP contribution in [-0.4, -0.2) is 59.8 Å². The largest absolute Gasteiger partial charge is 0.394 e. The van der Waals surface area contributed by atoms with Gasteiger partial charge in [-0.15, -0.1) is 0 Å². The number of nitrogens with zero attached hydrogens (tertiary/aromatic N) is 4. The van der Waals surface area contributed by atoms with Gasteiger partial charge in [-0.3, -0.25) is 4.57 Å². The minimum absolute atomic E-state index is 0.187. The second-order valence-corrected chi connectivity index (χ2v) is 8.01. The molecule has 0 aliphatic carbocycles. The molecule has 1 fully saturated rings. The molecule has 0 spiro atoms. The van der Waals surface area contributed by atoms with Crippen LogP contribution in [0.1, 0.15) is 76.8 Å². The number of nitrogen functional groups attached to an aromatic ring is 1. The molecule has 0 amide bonds. The van der Waals surface area contributed by atoms with Crippen LogP contribution < -0.4 is 5.73 Å². The number of unbranched alkanes of at least 4 members (excludes halogenated alkanes) is 8. The van der Waals surface area contributed by atoms with E-state index in [4.69, 9.17) is 10.5 Å². The molecule has 2 aromatic heterocycles. The summed E-state index contributed by atoms with van der Waals surface area (Å²) in [6, 6.07) is 0. The summed E-state index contributed by atoms with van der Waals surface area (Å²) in [5, 5.41) is 29.6. The Morgan fingerprint density at radius 3 is 2.45 bits per heavy atom. The average molecular weight is 432 g/mol. The first-order valence-corrected chi connectivity index (χ1v) is 11.2. The topological polar surface area (TPSA) is 140 Å². The Kier molecular flexibility index (Phi) is 8.60. The lowest BCUT2D eigenvalue weighted by molar-refractivity contribution is -0.0511. The predicted octanol–water partition coefficient (Wildman–Crippen LogP) is 1.90. The van der Waals surface area contributed by atoms with Crippen LogP contribution in [-0.2, 0) is 4.74 Å². The van der Waals surface area contributed by atoms with E-state index in [0.717, 1.165) is 12.8 Å². The van der Waals surface area contributed by atoms with E-state index in [1.165, 1.54) is 55.8 Å². The summed E-state index contributed by atoms with van der Waals surface area (Å²) in [7, 11) is 0. The first-order chi connectivity index (χ1) is 15.1. The van der Waals surface area contributed by atoms with E-state index in [1.54, 1.807) is 0 Å². The lowest BCUT2D eigenvalue weighted by Gasteiger charge is -2.16. The average Bonchev–Trinajstić information content (AvgIpc) is 3.31. The maximum absolute atomic E-state index is 10.3. The van der Waals surface area contributed by atoms with Crippen LogP contribution in [0.15, 0.2) is 6.33 Å². The van der Waals surface area contributed by atoms with Crippen LogP contribution in [0.25, 0.3) is 11.2 Å². The molecule has 0 saturated carbocycles. The predicted molar refractivity (Wildman–Crippen MR) is 117 cm³/mol. The minimum Gasteiger partial charge on any atom is -0.394 e. The number of nitrogens with two attached hydrogens (primary N) is 1. The molecule has 0 aromatic carbocycles. The van der Waals surface area contributed by atoms with E-state index >= 15 is 0 Å². The zero-order valence-corrected chi connectivity index (χ0v) is 18.1. The van der Waals surface area contributed by atoms with Crippen molar-refractivity contribution in [2.24, 2.45) is 0 Å². The highest BCUT2D eigenvalue weighted by atomic mass is 16.6. The minimum atomic E-state index is -1.23. The van der Waals surface area contributed by atoms with Crippen molar-refractivity contribution in [1.29, 1.82) is 0 Å². The summed E-state index contributed by atoms with van der Waals surface area (Å²) in [4.78, 5) is 12.8. The van der Waals surface area contributed by atoms with Gasteiger partial charge in [0.1, 0.15) is 23.8 Å². The van der Waals surface area contributed by atoms with Crippen molar-refractivity contribution in [1.82, 2.24) is 19.5 Å². The fourth-order valence-electron chi connectivity index (χ4n) is 3.78. The smallest absolute Gasteiger partial charge is 0.208 e. The number of hydrogen-bond donors (Lipinski definition) is 4.